The van der Waals surface area contributed by atoms with Crippen molar-refractivity contribution in [1.82, 2.24) is 0 Å². The summed E-state index contributed by atoms with van der Waals surface area (Å²) < 4.78 is 0. The van der Waals surface area contributed by atoms with Crippen molar-refractivity contribution in [3.05, 3.63) is 42.5 Å². The van der Waals surface area contributed by atoms with Crippen LogP contribution in [0.25, 0.3) is 0 Å². The maximum absolute atomic E-state index is 5.08. The Balaban J connectivity index is 2.51. The number of benzene rings is 1. The summed E-state index contributed by atoms with van der Waals surface area (Å²) in [6.45, 7) is 6.08. The maximum atomic E-state index is 5.08. The molecular formula is C10H13NO. The van der Waals surface area contributed by atoms with E-state index in [1.165, 1.54) is 5.56 Å². The molecule has 1 aromatic rings. The van der Waals surface area contributed by atoms with E-state index in [4.69, 9.17) is 4.84 Å². The van der Waals surface area contributed by atoms with Crippen LogP contribution in [-0.2, 0) is 4.84 Å². The van der Waals surface area contributed by atoms with Crippen molar-refractivity contribution < 1.29 is 4.84 Å². The summed E-state index contributed by atoms with van der Waals surface area (Å²) in [6.07, 6.45) is 1.70. The quantitative estimate of drug-likeness (QED) is 0.418. The zero-order valence-corrected chi connectivity index (χ0v) is 7.21. The minimum Gasteiger partial charge on any atom is -0.272 e. The highest BCUT2D eigenvalue weighted by atomic mass is 16.6. The fraction of sp³-hybridized carbons (Fsp3) is 0.200. The van der Waals surface area contributed by atoms with E-state index in [2.05, 4.69) is 12.1 Å². The number of anilines is 1. The largest absolute Gasteiger partial charge is 0.272 e. The van der Waals surface area contributed by atoms with E-state index in [1.54, 1.807) is 6.08 Å². The second kappa shape index (κ2) is 4.57. The lowest BCUT2D eigenvalue weighted by atomic mass is 10.2. The summed E-state index contributed by atoms with van der Waals surface area (Å²) in [6, 6.07) is 7.96. The number of para-hydroxylation sites is 1. The van der Waals surface area contributed by atoms with Crippen LogP contribution in [0.2, 0.25) is 0 Å². The van der Waals surface area contributed by atoms with E-state index in [-0.39, 0.29) is 0 Å². The monoisotopic (exact) mass is 163 g/mol. The fourth-order valence-electron chi connectivity index (χ4n) is 0.866. The molecule has 0 saturated carbocycles. The minimum absolute atomic E-state index is 0.508. The van der Waals surface area contributed by atoms with Gasteiger partial charge in [0, 0.05) is 0 Å². The molecule has 0 aliphatic heterocycles. The first-order valence-electron chi connectivity index (χ1n) is 3.89. The van der Waals surface area contributed by atoms with Crippen LogP contribution in [0.4, 0.5) is 5.69 Å². The molecule has 1 N–H and O–H groups in total. The molecule has 2 heteroatoms. The Morgan fingerprint density at radius 1 is 1.50 bits per heavy atom. The van der Waals surface area contributed by atoms with Gasteiger partial charge in [-0.25, -0.2) is 0 Å². The Morgan fingerprint density at radius 2 is 2.25 bits per heavy atom. The van der Waals surface area contributed by atoms with Gasteiger partial charge < -0.3 is 0 Å². The molecule has 0 bridgehead atoms. The van der Waals surface area contributed by atoms with Crippen molar-refractivity contribution in [3.63, 3.8) is 0 Å². The Labute approximate surface area is 72.8 Å². The SMILES string of the molecule is C=CCONc1ccccc1C. The highest BCUT2D eigenvalue weighted by Crippen LogP contribution is 2.12. The molecule has 2 nitrogen and oxygen atoms in total. The molecule has 0 radical (unpaired) electrons. The van der Waals surface area contributed by atoms with Crippen LogP contribution in [0.3, 0.4) is 0 Å². The maximum Gasteiger partial charge on any atom is 0.0925 e. The number of hydrogen-bond acceptors (Lipinski definition) is 2. The lowest BCUT2D eigenvalue weighted by molar-refractivity contribution is 0.228. The van der Waals surface area contributed by atoms with Gasteiger partial charge in [0.05, 0.1) is 12.3 Å². The zero-order chi connectivity index (χ0) is 8.81. The first kappa shape index (κ1) is 8.81. The predicted octanol–water partition coefficient (Wildman–Crippen LogP) is 2.52. The normalized spacial score (nSPS) is 9.42. The van der Waals surface area contributed by atoms with Crippen molar-refractivity contribution in [2.24, 2.45) is 0 Å². The van der Waals surface area contributed by atoms with Crippen LogP contribution < -0.4 is 5.48 Å². The van der Waals surface area contributed by atoms with Crippen LogP contribution in [-0.4, -0.2) is 6.61 Å². The Bertz CT molecular complexity index is 258. The fourth-order valence-corrected chi connectivity index (χ4v) is 0.866. The van der Waals surface area contributed by atoms with Crippen molar-refractivity contribution in [2.45, 2.75) is 6.92 Å². The van der Waals surface area contributed by atoms with Crippen molar-refractivity contribution in [2.75, 3.05) is 12.1 Å². The Hall–Kier alpha value is -1.28. The lowest BCUT2D eigenvalue weighted by Gasteiger charge is -2.06. The van der Waals surface area contributed by atoms with Gasteiger partial charge in [-0.15, -0.1) is 6.58 Å². The van der Waals surface area contributed by atoms with Gasteiger partial charge in [0.15, 0.2) is 0 Å². The molecule has 0 aliphatic rings. The van der Waals surface area contributed by atoms with Crippen molar-refractivity contribution >= 4 is 5.69 Å². The average molecular weight is 163 g/mol. The molecule has 0 atom stereocenters. The molecule has 0 aliphatic carbocycles. The van der Waals surface area contributed by atoms with Crippen molar-refractivity contribution in [3.8, 4) is 0 Å². The van der Waals surface area contributed by atoms with Crippen molar-refractivity contribution in [1.29, 1.82) is 0 Å². The highest BCUT2D eigenvalue weighted by molar-refractivity contribution is 5.48. The van der Waals surface area contributed by atoms with Crippen LogP contribution in [0.5, 0.6) is 0 Å². The predicted molar refractivity (Wildman–Crippen MR) is 51.0 cm³/mol. The molecule has 1 aromatic carbocycles. The van der Waals surface area contributed by atoms with E-state index >= 15 is 0 Å². The number of aryl methyl sites for hydroxylation is 1. The third kappa shape index (κ3) is 2.40. The van der Waals surface area contributed by atoms with Gasteiger partial charge in [-0.1, -0.05) is 24.3 Å². The topological polar surface area (TPSA) is 21.3 Å². The van der Waals surface area contributed by atoms with E-state index in [0.29, 0.717) is 6.61 Å². The molecule has 12 heavy (non-hydrogen) atoms. The first-order chi connectivity index (χ1) is 5.84. The number of nitrogens with one attached hydrogen (secondary N) is 1. The second-order valence-corrected chi connectivity index (χ2v) is 2.52. The summed E-state index contributed by atoms with van der Waals surface area (Å²) in [7, 11) is 0. The number of rotatable bonds is 4. The summed E-state index contributed by atoms with van der Waals surface area (Å²) in [5.74, 6) is 0. The van der Waals surface area contributed by atoms with Crippen LogP contribution in [0, 0.1) is 6.92 Å². The van der Waals surface area contributed by atoms with E-state index in [0.717, 1.165) is 5.69 Å². The summed E-state index contributed by atoms with van der Waals surface area (Å²) in [5.41, 5.74) is 5.01. The first-order valence-corrected chi connectivity index (χ1v) is 3.89. The van der Waals surface area contributed by atoms with E-state index in [1.807, 2.05) is 31.2 Å². The number of hydrogen-bond donors (Lipinski definition) is 1. The smallest absolute Gasteiger partial charge is 0.0925 e. The molecule has 0 aromatic heterocycles. The van der Waals surface area contributed by atoms with Gasteiger partial charge in [0.1, 0.15) is 0 Å². The van der Waals surface area contributed by atoms with Gasteiger partial charge >= 0.3 is 0 Å². The van der Waals surface area contributed by atoms with E-state index in [9.17, 15) is 0 Å². The summed E-state index contributed by atoms with van der Waals surface area (Å²) in [5, 5.41) is 0. The molecule has 0 heterocycles. The molecule has 0 amide bonds. The molecule has 0 unspecified atom stereocenters. The average Bonchev–Trinajstić information content (AvgIpc) is 2.09. The highest BCUT2D eigenvalue weighted by Gasteiger charge is 1.93. The minimum atomic E-state index is 0.508. The molecular weight excluding hydrogens is 150 g/mol. The Morgan fingerprint density at radius 3 is 2.92 bits per heavy atom. The standard InChI is InChI=1S/C10H13NO/c1-3-8-12-11-10-7-5-4-6-9(10)2/h3-7,11H,1,8H2,2H3. The zero-order valence-electron chi connectivity index (χ0n) is 7.21. The third-order valence-corrected chi connectivity index (χ3v) is 1.53. The molecule has 0 fully saturated rings. The second-order valence-electron chi connectivity index (χ2n) is 2.52. The van der Waals surface area contributed by atoms with Gasteiger partial charge in [-0.05, 0) is 18.6 Å². The van der Waals surface area contributed by atoms with Gasteiger partial charge in [-0.3, -0.25) is 10.3 Å². The van der Waals surface area contributed by atoms with Crippen LogP contribution >= 0.6 is 0 Å². The summed E-state index contributed by atoms with van der Waals surface area (Å²) in [4.78, 5) is 5.08. The van der Waals surface area contributed by atoms with Gasteiger partial charge in [0.25, 0.3) is 0 Å². The third-order valence-electron chi connectivity index (χ3n) is 1.53. The van der Waals surface area contributed by atoms with E-state index < -0.39 is 0 Å². The van der Waals surface area contributed by atoms with Gasteiger partial charge in [0.2, 0.25) is 0 Å². The Kier molecular flexibility index (Phi) is 3.35. The molecule has 1 rings (SSSR count). The molecule has 64 valence electrons. The van der Waals surface area contributed by atoms with Gasteiger partial charge in [-0.2, -0.15) is 0 Å². The lowest BCUT2D eigenvalue weighted by Crippen LogP contribution is -2.01. The molecule has 0 saturated heterocycles. The summed E-state index contributed by atoms with van der Waals surface area (Å²) >= 11 is 0. The van der Waals surface area contributed by atoms with Crippen LogP contribution in [0.1, 0.15) is 5.56 Å². The molecule has 0 spiro atoms. The van der Waals surface area contributed by atoms with Crippen LogP contribution in [0.15, 0.2) is 36.9 Å².